The van der Waals surface area contributed by atoms with Crippen molar-refractivity contribution in [3.8, 4) is 0 Å². The van der Waals surface area contributed by atoms with E-state index in [0.717, 1.165) is 19.4 Å². The lowest BCUT2D eigenvalue weighted by Crippen LogP contribution is -1.97. The first-order chi connectivity index (χ1) is 8.27. The smallest absolute Gasteiger partial charge is 0.303 e. The van der Waals surface area contributed by atoms with Crippen LogP contribution in [0, 0.1) is 0 Å². The zero-order chi connectivity index (χ0) is 12.8. The van der Waals surface area contributed by atoms with Crippen LogP contribution in [-0.2, 0) is 4.79 Å². The molecule has 18 heavy (non-hydrogen) atoms. The van der Waals surface area contributed by atoms with Crippen LogP contribution in [-0.4, -0.2) is 17.6 Å². The van der Waals surface area contributed by atoms with Crippen molar-refractivity contribution in [3.05, 3.63) is 0 Å². The molecule has 0 fully saturated rings. The predicted octanol–water partition coefficient (Wildman–Crippen LogP) is 3.87. The van der Waals surface area contributed by atoms with E-state index < -0.39 is 5.97 Å². The lowest BCUT2D eigenvalue weighted by molar-refractivity contribution is -0.137. The van der Waals surface area contributed by atoms with Crippen LogP contribution < -0.4 is 11.9 Å². The summed E-state index contributed by atoms with van der Waals surface area (Å²) in [6, 6.07) is 0. The van der Waals surface area contributed by atoms with Gasteiger partial charge in [0.1, 0.15) is 0 Å². The van der Waals surface area contributed by atoms with Crippen molar-refractivity contribution in [1.82, 2.24) is 6.15 Å². The molecule has 0 aliphatic rings. The van der Waals surface area contributed by atoms with Gasteiger partial charge in [-0.15, -0.1) is 0 Å². The number of carboxylic acid groups (broad SMARTS) is 1. The second-order valence-corrected chi connectivity index (χ2v) is 4.82. The lowest BCUT2D eigenvalue weighted by atomic mass is 10.1. The molecule has 0 aliphatic heterocycles. The van der Waals surface area contributed by atoms with Gasteiger partial charge < -0.3 is 17.0 Å². The van der Waals surface area contributed by atoms with E-state index in [9.17, 15) is 4.79 Å². The van der Waals surface area contributed by atoms with Crippen LogP contribution in [0.4, 0.5) is 0 Å². The first-order valence-corrected chi connectivity index (χ1v) is 7.19. The normalized spacial score (nSPS) is 10.1. The monoisotopic (exact) mass is 260 g/mol. The highest BCUT2D eigenvalue weighted by Gasteiger charge is 1.96. The highest BCUT2D eigenvalue weighted by atomic mass is 16.4. The molecule has 0 aromatic carbocycles. The van der Waals surface area contributed by atoms with Gasteiger partial charge in [-0.05, 0) is 19.4 Å². The number of carboxylic acids is 1. The van der Waals surface area contributed by atoms with Gasteiger partial charge in [-0.3, -0.25) is 4.79 Å². The third-order valence-electron chi connectivity index (χ3n) is 3.09. The van der Waals surface area contributed by atoms with Gasteiger partial charge in [0.2, 0.25) is 0 Å². The number of aliphatic carboxylic acids is 1. The Morgan fingerprint density at radius 2 is 1.06 bits per heavy atom. The fourth-order valence-corrected chi connectivity index (χ4v) is 2.01. The number of unbranched alkanes of at least 4 members (excludes halogenated alkanes) is 10. The molecule has 6 N–H and O–H groups in total. The van der Waals surface area contributed by atoms with Gasteiger partial charge in [0.05, 0.1) is 0 Å². The summed E-state index contributed by atoms with van der Waals surface area (Å²) in [5, 5.41) is 8.47. The van der Waals surface area contributed by atoms with Gasteiger partial charge in [0.15, 0.2) is 0 Å². The van der Waals surface area contributed by atoms with Crippen molar-refractivity contribution in [2.45, 2.75) is 77.0 Å². The van der Waals surface area contributed by atoms with Gasteiger partial charge >= 0.3 is 5.97 Å². The molecule has 110 valence electrons. The summed E-state index contributed by atoms with van der Waals surface area (Å²) in [6.45, 7) is 0.830. The van der Waals surface area contributed by atoms with E-state index in [4.69, 9.17) is 10.8 Å². The van der Waals surface area contributed by atoms with Crippen molar-refractivity contribution in [2.75, 3.05) is 6.54 Å². The van der Waals surface area contributed by atoms with Gasteiger partial charge in [0, 0.05) is 6.42 Å². The summed E-state index contributed by atoms with van der Waals surface area (Å²) in [7, 11) is 0. The molecule has 0 saturated carbocycles. The molecule has 0 aliphatic carbocycles. The summed E-state index contributed by atoms with van der Waals surface area (Å²) in [4.78, 5) is 10.3. The lowest BCUT2D eigenvalue weighted by Gasteiger charge is -2.02. The highest BCUT2D eigenvalue weighted by Crippen LogP contribution is 2.11. The van der Waals surface area contributed by atoms with Crippen LogP contribution in [0.2, 0.25) is 0 Å². The second kappa shape index (κ2) is 16.4. The Kier molecular flexibility index (Phi) is 18.0. The Morgan fingerprint density at radius 3 is 1.39 bits per heavy atom. The summed E-state index contributed by atoms with van der Waals surface area (Å²) in [5.41, 5.74) is 5.43. The van der Waals surface area contributed by atoms with Crippen LogP contribution in [0.5, 0.6) is 0 Å². The standard InChI is InChI=1S/C14H29NO2.H3N/c15-13-11-9-7-5-3-1-2-4-6-8-10-12-14(16)17;/h1-13,15H2,(H,16,17);1H3. The van der Waals surface area contributed by atoms with Gasteiger partial charge in [-0.2, -0.15) is 0 Å². The minimum absolute atomic E-state index is 0. The molecular weight excluding hydrogens is 228 g/mol. The molecule has 0 rings (SSSR count). The molecule has 0 heterocycles. The minimum Gasteiger partial charge on any atom is -0.481 e. The Bertz CT molecular complexity index is 175. The van der Waals surface area contributed by atoms with E-state index in [1.807, 2.05) is 0 Å². The van der Waals surface area contributed by atoms with Crippen molar-refractivity contribution >= 4 is 5.97 Å². The number of nitrogens with two attached hydrogens (primary N) is 1. The molecule has 0 aromatic rings. The van der Waals surface area contributed by atoms with Gasteiger partial charge in [-0.25, -0.2) is 0 Å². The SMILES string of the molecule is N.NCCCCCCCCCCCCCC(=O)O. The molecule has 0 amide bonds. The largest absolute Gasteiger partial charge is 0.481 e. The molecule has 4 heteroatoms. The third kappa shape index (κ3) is 17.8. The number of hydrogen-bond donors (Lipinski definition) is 3. The van der Waals surface area contributed by atoms with E-state index in [1.54, 1.807) is 0 Å². The second-order valence-electron chi connectivity index (χ2n) is 4.82. The molecule has 0 saturated heterocycles. The Hall–Kier alpha value is -0.610. The molecule has 4 nitrogen and oxygen atoms in total. The topological polar surface area (TPSA) is 98.3 Å². The molecule has 0 spiro atoms. The van der Waals surface area contributed by atoms with Crippen LogP contribution in [0.25, 0.3) is 0 Å². The molecule has 0 radical (unpaired) electrons. The van der Waals surface area contributed by atoms with E-state index >= 15 is 0 Å². The average molecular weight is 260 g/mol. The maximum absolute atomic E-state index is 10.3. The summed E-state index contributed by atoms with van der Waals surface area (Å²) >= 11 is 0. The first-order valence-electron chi connectivity index (χ1n) is 7.19. The van der Waals surface area contributed by atoms with E-state index in [1.165, 1.54) is 57.8 Å². The van der Waals surface area contributed by atoms with Gasteiger partial charge in [0.25, 0.3) is 0 Å². The summed E-state index contributed by atoms with van der Waals surface area (Å²) < 4.78 is 0. The predicted molar refractivity (Wildman–Crippen MR) is 77.1 cm³/mol. The molecule has 0 aromatic heterocycles. The fourth-order valence-electron chi connectivity index (χ4n) is 2.01. The molecule has 0 unspecified atom stereocenters. The molecule has 0 atom stereocenters. The van der Waals surface area contributed by atoms with Crippen molar-refractivity contribution in [2.24, 2.45) is 5.73 Å². The Labute approximate surface area is 112 Å². The third-order valence-corrected chi connectivity index (χ3v) is 3.09. The van der Waals surface area contributed by atoms with Crippen molar-refractivity contribution in [1.29, 1.82) is 0 Å². The highest BCUT2D eigenvalue weighted by molar-refractivity contribution is 5.66. The number of rotatable bonds is 13. The van der Waals surface area contributed by atoms with Crippen LogP contribution >= 0.6 is 0 Å². The zero-order valence-electron chi connectivity index (χ0n) is 11.8. The fraction of sp³-hybridized carbons (Fsp3) is 0.929. The van der Waals surface area contributed by atoms with E-state index in [0.29, 0.717) is 6.42 Å². The maximum Gasteiger partial charge on any atom is 0.303 e. The Morgan fingerprint density at radius 1 is 0.722 bits per heavy atom. The van der Waals surface area contributed by atoms with E-state index in [-0.39, 0.29) is 6.15 Å². The minimum atomic E-state index is -0.664. The van der Waals surface area contributed by atoms with Crippen molar-refractivity contribution < 1.29 is 9.90 Å². The quantitative estimate of drug-likeness (QED) is 0.438. The number of hydrogen-bond acceptors (Lipinski definition) is 3. The average Bonchev–Trinajstić information content (AvgIpc) is 2.30. The summed E-state index contributed by atoms with van der Waals surface area (Å²) in [6.07, 6.45) is 13.8. The van der Waals surface area contributed by atoms with Crippen molar-refractivity contribution in [3.63, 3.8) is 0 Å². The van der Waals surface area contributed by atoms with Gasteiger partial charge in [-0.1, -0.05) is 57.8 Å². The van der Waals surface area contributed by atoms with Crippen LogP contribution in [0.15, 0.2) is 0 Å². The first kappa shape index (κ1) is 19.7. The molecule has 0 bridgehead atoms. The van der Waals surface area contributed by atoms with E-state index in [2.05, 4.69) is 0 Å². The molecular formula is C14H32N2O2. The number of carbonyl (C=O) groups is 1. The summed E-state index contributed by atoms with van der Waals surface area (Å²) in [5.74, 6) is -0.664. The Balaban J connectivity index is 0. The maximum atomic E-state index is 10.3. The zero-order valence-corrected chi connectivity index (χ0v) is 11.8. The van der Waals surface area contributed by atoms with Crippen LogP contribution in [0.1, 0.15) is 77.0 Å². The van der Waals surface area contributed by atoms with Crippen LogP contribution in [0.3, 0.4) is 0 Å².